The van der Waals surface area contributed by atoms with Crippen LogP contribution >= 0.6 is 0 Å². The molecule has 1 aliphatic heterocycles. The third kappa shape index (κ3) is 2.97. The van der Waals surface area contributed by atoms with Crippen LogP contribution in [0.5, 0.6) is 0 Å². The van der Waals surface area contributed by atoms with Crippen LogP contribution in [0.15, 0.2) is 53.3 Å². The number of amides is 1. The lowest BCUT2D eigenvalue weighted by atomic mass is 9.98. The third-order valence-electron chi connectivity index (χ3n) is 5.56. The summed E-state index contributed by atoms with van der Waals surface area (Å²) in [6.07, 6.45) is 3.39. The lowest BCUT2D eigenvalue weighted by Crippen LogP contribution is -2.29. The summed E-state index contributed by atoms with van der Waals surface area (Å²) in [5.41, 5.74) is 2.28. The highest BCUT2D eigenvalue weighted by atomic mass is 16.5. The summed E-state index contributed by atoms with van der Waals surface area (Å²) < 4.78 is 7.29. The van der Waals surface area contributed by atoms with Gasteiger partial charge in [-0.2, -0.15) is 10.1 Å². The number of fused-ring (bicyclic) bond motifs is 1. The van der Waals surface area contributed by atoms with Gasteiger partial charge >= 0.3 is 0 Å². The minimum absolute atomic E-state index is 0.00277. The SMILES string of the molecule is C[C@H]1CN(C(=O)c2nn(C)c3ccccc23)C[C@@H]1c1nc(-c2ccncc2)no1. The molecule has 4 heterocycles. The Balaban J connectivity index is 1.40. The molecule has 1 saturated heterocycles. The Hall–Kier alpha value is -3.55. The molecule has 146 valence electrons. The van der Waals surface area contributed by atoms with E-state index in [9.17, 15) is 4.79 Å². The van der Waals surface area contributed by atoms with E-state index in [1.807, 2.05) is 48.3 Å². The highest BCUT2D eigenvalue weighted by Gasteiger charge is 2.38. The molecule has 8 nitrogen and oxygen atoms in total. The number of carbonyl (C=O) groups is 1. The van der Waals surface area contributed by atoms with Gasteiger partial charge in [-0.15, -0.1) is 0 Å². The maximum atomic E-state index is 13.2. The molecule has 0 radical (unpaired) electrons. The lowest BCUT2D eigenvalue weighted by Gasteiger charge is -2.14. The summed E-state index contributed by atoms with van der Waals surface area (Å²) >= 11 is 0. The maximum Gasteiger partial charge on any atom is 0.275 e. The van der Waals surface area contributed by atoms with Crippen LogP contribution in [0.1, 0.15) is 29.2 Å². The van der Waals surface area contributed by atoms with E-state index in [0.29, 0.717) is 30.5 Å². The van der Waals surface area contributed by atoms with Crippen molar-refractivity contribution in [3.63, 3.8) is 0 Å². The van der Waals surface area contributed by atoms with Crippen molar-refractivity contribution in [2.75, 3.05) is 13.1 Å². The Morgan fingerprint density at radius 1 is 1.14 bits per heavy atom. The monoisotopic (exact) mass is 388 g/mol. The van der Waals surface area contributed by atoms with E-state index in [0.717, 1.165) is 16.5 Å². The van der Waals surface area contributed by atoms with Gasteiger partial charge in [0.15, 0.2) is 5.69 Å². The van der Waals surface area contributed by atoms with Gasteiger partial charge in [0, 0.05) is 43.5 Å². The van der Waals surface area contributed by atoms with Crippen LogP contribution < -0.4 is 0 Å². The second kappa shape index (κ2) is 6.80. The molecule has 0 unspecified atom stereocenters. The number of para-hydroxylation sites is 1. The smallest absolute Gasteiger partial charge is 0.275 e. The van der Waals surface area contributed by atoms with Crippen LogP contribution in [0.3, 0.4) is 0 Å². The van der Waals surface area contributed by atoms with Crippen LogP contribution in [0.4, 0.5) is 0 Å². The summed E-state index contributed by atoms with van der Waals surface area (Å²) in [5, 5.41) is 9.44. The van der Waals surface area contributed by atoms with Crippen LogP contribution in [0, 0.1) is 5.92 Å². The van der Waals surface area contributed by atoms with Crippen molar-refractivity contribution in [3.8, 4) is 11.4 Å². The van der Waals surface area contributed by atoms with Crippen LogP contribution in [0.25, 0.3) is 22.3 Å². The molecule has 5 rings (SSSR count). The first kappa shape index (κ1) is 17.5. The standard InChI is InChI=1S/C21H20N6O2/c1-13-11-27(21(28)18-15-5-3-4-6-17(15)26(2)24-18)12-16(13)20-23-19(25-29-20)14-7-9-22-10-8-14/h3-10,13,16H,11-12H2,1-2H3/t13-,16-/m0/s1. The molecule has 0 aliphatic carbocycles. The molecule has 0 N–H and O–H groups in total. The number of carbonyl (C=O) groups excluding carboxylic acids is 1. The molecule has 8 heteroatoms. The molecule has 1 aromatic carbocycles. The number of nitrogens with zero attached hydrogens (tertiary/aromatic N) is 6. The predicted octanol–water partition coefficient (Wildman–Crippen LogP) is 2.89. The van der Waals surface area contributed by atoms with Crippen LogP contribution in [0.2, 0.25) is 0 Å². The molecular weight excluding hydrogens is 368 g/mol. The van der Waals surface area contributed by atoms with Crippen molar-refractivity contribution in [3.05, 3.63) is 60.4 Å². The van der Waals surface area contributed by atoms with E-state index in [1.165, 1.54) is 0 Å². The zero-order valence-electron chi connectivity index (χ0n) is 16.2. The molecule has 1 aliphatic rings. The molecule has 1 fully saturated rings. The van der Waals surface area contributed by atoms with Gasteiger partial charge in [-0.25, -0.2) is 0 Å². The second-order valence-electron chi connectivity index (χ2n) is 7.48. The van der Waals surface area contributed by atoms with E-state index >= 15 is 0 Å². The summed E-state index contributed by atoms with van der Waals surface area (Å²) in [5.74, 6) is 1.24. The number of benzene rings is 1. The minimum Gasteiger partial charge on any atom is -0.339 e. The fraction of sp³-hybridized carbons (Fsp3) is 0.286. The Labute approximate surface area is 167 Å². The summed E-state index contributed by atoms with van der Waals surface area (Å²) in [7, 11) is 1.85. The number of pyridine rings is 1. The van der Waals surface area contributed by atoms with Gasteiger partial charge in [-0.05, 0) is 24.1 Å². The first-order chi connectivity index (χ1) is 14.1. The Morgan fingerprint density at radius 3 is 2.76 bits per heavy atom. The molecule has 4 aromatic rings. The zero-order valence-corrected chi connectivity index (χ0v) is 16.2. The highest BCUT2D eigenvalue weighted by Crippen LogP contribution is 2.33. The molecule has 0 saturated carbocycles. The fourth-order valence-corrected chi connectivity index (χ4v) is 3.98. The number of aromatic nitrogens is 5. The summed E-state index contributed by atoms with van der Waals surface area (Å²) in [6.45, 7) is 3.26. The quantitative estimate of drug-likeness (QED) is 0.536. The van der Waals surface area contributed by atoms with E-state index < -0.39 is 0 Å². The molecule has 29 heavy (non-hydrogen) atoms. The van der Waals surface area contributed by atoms with Gasteiger partial charge in [-0.1, -0.05) is 30.3 Å². The van der Waals surface area contributed by atoms with E-state index in [2.05, 4.69) is 27.1 Å². The van der Waals surface area contributed by atoms with Gasteiger partial charge in [-0.3, -0.25) is 14.5 Å². The first-order valence-corrected chi connectivity index (χ1v) is 9.57. The van der Waals surface area contributed by atoms with Crippen molar-refractivity contribution in [1.82, 2.24) is 29.8 Å². The molecular formula is C21H20N6O2. The van der Waals surface area contributed by atoms with Gasteiger partial charge in [0.2, 0.25) is 11.7 Å². The second-order valence-corrected chi connectivity index (χ2v) is 7.48. The Kier molecular flexibility index (Phi) is 4.12. The number of aryl methyl sites for hydroxylation is 1. The van der Waals surface area contributed by atoms with E-state index in [-0.39, 0.29) is 17.7 Å². The average Bonchev–Trinajstić information content (AvgIpc) is 3.46. The molecule has 0 spiro atoms. The van der Waals surface area contributed by atoms with Crippen molar-refractivity contribution in [2.24, 2.45) is 13.0 Å². The molecule has 3 aromatic heterocycles. The minimum atomic E-state index is -0.0648. The van der Waals surface area contributed by atoms with Crippen LogP contribution in [-0.4, -0.2) is 48.8 Å². The van der Waals surface area contributed by atoms with Crippen molar-refractivity contribution < 1.29 is 9.32 Å². The lowest BCUT2D eigenvalue weighted by molar-refractivity contribution is 0.0781. The zero-order chi connectivity index (χ0) is 20.0. The predicted molar refractivity (Wildman–Crippen MR) is 106 cm³/mol. The van der Waals surface area contributed by atoms with E-state index in [1.54, 1.807) is 17.1 Å². The number of hydrogen-bond acceptors (Lipinski definition) is 6. The largest absolute Gasteiger partial charge is 0.339 e. The number of rotatable bonds is 3. The van der Waals surface area contributed by atoms with Gasteiger partial charge in [0.05, 0.1) is 11.4 Å². The van der Waals surface area contributed by atoms with Crippen molar-refractivity contribution in [2.45, 2.75) is 12.8 Å². The van der Waals surface area contributed by atoms with Gasteiger partial charge in [0.25, 0.3) is 5.91 Å². The Bertz CT molecular complexity index is 1180. The normalized spacial score (nSPS) is 19.2. The van der Waals surface area contributed by atoms with Crippen molar-refractivity contribution >= 4 is 16.8 Å². The first-order valence-electron chi connectivity index (χ1n) is 9.57. The third-order valence-corrected chi connectivity index (χ3v) is 5.56. The molecule has 2 atom stereocenters. The molecule has 0 bridgehead atoms. The van der Waals surface area contributed by atoms with Crippen LogP contribution in [-0.2, 0) is 7.05 Å². The summed E-state index contributed by atoms with van der Waals surface area (Å²) in [4.78, 5) is 23.6. The molecule has 1 amide bonds. The van der Waals surface area contributed by atoms with Gasteiger partial charge < -0.3 is 9.42 Å². The number of hydrogen-bond donors (Lipinski definition) is 0. The Morgan fingerprint density at radius 2 is 1.93 bits per heavy atom. The average molecular weight is 388 g/mol. The topological polar surface area (TPSA) is 89.9 Å². The van der Waals surface area contributed by atoms with Crippen molar-refractivity contribution in [1.29, 1.82) is 0 Å². The summed E-state index contributed by atoms with van der Waals surface area (Å²) in [6, 6.07) is 11.5. The number of likely N-dealkylation sites (tertiary alicyclic amines) is 1. The van der Waals surface area contributed by atoms with Gasteiger partial charge in [0.1, 0.15) is 0 Å². The fourth-order valence-electron chi connectivity index (χ4n) is 3.98. The highest BCUT2D eigenvalue weighted by molar-refractivity contribution is 6.05. The maximum absolute atomic E-state index is 13.2. The van der Waals surface area contributed by atoms with E-state index in [4.69, 9.17) is 4.52 Å².